The van der Waals surface area contributed by atoms with Gasteiger partial charge in [0.25, 0.3) is 0 Å². The summed E-state index contributed by atoms with van der Waals surface area (Å²) in [6.07, 6.45) is 3.45. The standard InChI is InChI=1S/C11H17ClN4O/c1-8(2)7-16-9(17)3-4-14-11-10(12)13-5-6-15-11/h5-6,8H,3-4,7H2,1-2H3,(H,14,15)(H,16,17). The number of anilines is 1. The van der Waals surface area contributed by atoms with Crippen LogP contribution in [0.15, 0.2) is 12.4 Å². The number of amides is 1. The summed E-state index contributed by atoms with van der Waals surface area (Å²) in [4.78, 5) is 19.3. The number of carbonyl (C=O) groups excluding carboxylic acids is 1. The van der Waals surface area contributed by atoms with Gasteiger partial charge in [-0.1, -0.05) is 25.4 Å². The Hall–Kier alpha value is -1.36. The highest BCUT2D eigenvalue weighted by molar-refractivity contribution is 6.31. The number of hydrogen-bond acceptors (Lipinski definition) is 4. The number of carbonyl (C=O) groups is 1. The molecule has 0 atom stereocenters. The third-order valence-electron chi connectivity index (χ3n) is 2.01. The quantitative estimate of drug-likeness (QED) is 0.813. The van der Waals surface area contributed by atoms with Crippen molar-refractivity contribution in [2.75, 3.05) is 18.4 Å². The van der Waals surface area contributed by atoms with E-state index in [1.54, 1.807) is 6.20 Å². The molecule has 0 saturated heterocycles. The second-order valence-electron chi connectivity index (χ2n) is 4.07. The predicted molar refractivity (Wildman–Crippen MR) is 68.0 cm³/mol. The summed E-state index contributed by atoms with van der Waals surface area (Å²) < 4.78 is 0. The number of halogens is 1. The molecular formula is C11H17ClN4O. The van der Waals surface area contributed by atoms with Gasteiger partial charge in [0.05, 0.1) is 0 Å². The van der Waals surface area contributed by atoms with Crippen molar-refractivity contribution in [3.63, 3.8) is 0 Å². The lowest BCUT2D eigenvalue weighted by molar-refractivity contribution is -0.120. The minimum absolute atomic E-state index is 0.0196. The molecule has 0 aliphatic carbocycles. The fraction of sp³-hybridized carbons (Fsp3) is 0.545. The van der Waals surface area contributed by atoms with E-state index in [2.05, 4.69) is 34.4 Å². The van der Waals surface area contributed by atoms with Crippen molar-refractivity contribution < 1.29 is 4.79 Å². The maximum atomic E-state index is 11.4. The zero-order chi connectivity index (χ0) is 12.7. The highest BCUT2D eigenvalue weighted by Gasteiger charge is 2.04. The fourth-order valence-electron chi connectivity index (χ4n) is 1.14. The van der Waals surface area contributed by atoms with E-state index >= 15 is 0 Å². The Morgan fingerprint density at radius 3 is 2.76 bits per heavy atom. The minimum atomic E-state index is 0.0196. The molecule has 0 spiro atoms. The maximum Gasteiger partial charge on any atom is 0.221 e. The molecular weight excluding hydrogens is 240 g/mol. The molecule has 0 unspecified atom stereocenters. The highest BCUT2D eigenvalue weighted by Crippen LogP contribution is 2.13. The van der Waals surface area contributed by atoms with Gasteiger partial charge >= 0.3 is 0 Å². The lowest BCUT2D eigenvalue weighted by atomic mass is 10.2. The Kier molecular flexibility index (Phi) is 5.69. The smallest absolute Gasteiger partial charge is 0.221 e. The average molecular weight is 257 g/mol. The molecule has 0 aliphatic heterocycles. The Labute approximate surface area is 106 Å². The van der Waals surface area contributed by atoms with E-state index in [9.17, 15) is 4.79 Å². The van der Waals surface area contributed by atoms with Crippen molar-refractivity contribution in [1.82, 2.24) is 15.3 Å². The van der Waals surface area contributed by atoms with E-state index in [0.717, 1.165) is 0 Å². The molecule has 1 amide bonds. The highest BCUT2D eigenvalue weighted by atomic mass is 35.5. The third kappa shape index (κ3) is 5.49. The maximum absolute atomic E-state index is 11.4. The summed E-state index contributed by atoms with van der Waals surface area (Å²) >= 11 is 5.81. The number of nitrogens with zero attached hydrogens (tertiary/aromatic N) is 2. The molecule has 5 nitrogen and oxygen atoms in total. The lowest BCUT2D eigenvalue weighted by Crippen LogP contribution is -2.28. The summed E-state index contributed by atoms with van der Waals surface area (Å²) in [7, 11) is 0. The molecule has 2 N–H and O–H groups in total. The lowest BCUT2D eigenvalue weighted by Gasteiger charge is -2.08. The average Bonchev–Trinajstić information content (AvgIpc) is 2.29. The molecule has 0 saturated carbocycles. The summed E-state index contributed by atoms with van der Waals surface area (Å²) in [5.41, 5.74) is 0. The van der Waals surface area contributed by atoms with Gasteiger partial charge in [0.2, 0.25) is 5.91 Å². The monoisotopic (exact) mass is 256 g/mol. The first-order chi connectivity index (χ1) is 8.09. The van der Waals surface area contributed by atoms with Crippen LogP contribution in [0, 0.1) is 5.92 Å². The molecule has 6 heteroatoms. The van der Waals surface area contributed by atoms with Crippen molar-refractivity contribution in [1.29, 1.82) is 0 Å². The summed E-state index contributed by atoms with van der Waals surface area (Å²) in [5, 5.41) is 6.12. The van der Waals surface area contributed by atoms with Crippen molar-refractivity contribution >= 4 is 23.3 Å². The van der Waals surface area contributed by atoms with E-state index in [-0.39, 0.29) is 5.91 Å². The molecule has 0 aromatic carbocycles. The van der Waals surface area contributed by atoms with Crippen LogP contribution in [-0.4, -0.2) is 29.0 Å². The number of rotatable bonds is 6. The predicted octanol–water partition coefficient (Wildman–Crippen LogP) is 1.70. The number of aromatic nitrogens is 2. The SMILES string of the molecule is CC(C)CNC(=O)CCNc1nccnc1Cl. The van der Waals surface area contributed by atoms with Crippen LogP contribution in [0.1, 0.15) is 20.3 Å². The van der Waals surface area contributed by atoms with Crippen LogP contribution in [0.2, 0.25) is 5.15 Å². The molecule has 0 bridgehead atoms. The second-order valence-corrected chi connectivity index (χ2v) is 4.43. The number of nitrogens with one attached hydrogen (secondary N) is 2. The molecule has 1 aromatic rings. The third-order valence-corrected chi connectivity index (χ3v) is 2.28. The molecule has 1 rings (SSSR count). The van der Waals surface area contributed by atoms with E-state index in [1.807, 2.05) is 0 Å². The van der Waals surface area contributed by atoms with E-state index in [4.69, 9.17) is 11.6 Å². The van der Waals surface area contributed by atoms with Crippen molar-refractivity contribution in [2.45, 2.75) is 20.3 Å². The van der Waals surface area contributed by atoms with Gasteiger partial charge in [-0.2, -0.15) is 0 Å². The van der Waals surface area contributed by atoms with Gasteiger partial charge in [-0.05, 0) is 5.92 Å². The topological polar surface area (TPSA) is 66.9 Å². The normalized spacial score (nSPS) is 10.4. The van der Waals surface area contributed by atoms with Gasteiger partial charge in [0.1, 0.15) is 0 Å². The van der Waals surface area contributed by atoms with E-state index < -0.39 is 0 Å². The van der Waals surface area contributed by atoms with Gasteiger partial charge in [0.15, 0.2) is 11.0 Å². The van der Waals surface area contributed by atoms with Crippen molar-refractivity contribution in [3.05, 3.63) is 17.5 Å². The molecule has 0 fully saturated rings. The molecule has 0 aliphatic rings. The number of hydrogen-bond donors (Lipinski definition) is 2. The van der Waals surface area contributed by atoms with Crippen molar-refractivity contribution in [2.24, 2.45) is 5.92 Å². The van der Waals surface area contributed by atoms with E-state index in [1.165, 1.54) is 6.20 Å². The Balaban J connectivity index is 2.24. The molecule has 0 radical (unpaired) electrons. The van der Waals surface area contributed by atoms with Gasteiger partial charge in [0, 0.05) is 31.9 Å². The minimum Gasteiger partial charge on any atom is -0.367 e. The zero-order valence-electron chi connectivity index (χ0n) is 10.0. The molecule has 1 heterocycles. The van der Waals surface area contributed by atoms with E-state index in [0.29, 0.717) is 36.4 Å². The van der Waals surface area contributed by atoms with Gasteiger partial charge in [-0.25, -0.2) is 9.97 Å². The Morgan fingerprint density at radius 1 is 1.41 bits per heavy atom. The van der Waals surface area contributed by atoms with Crippen LogP contribution in [0.25, 0.3) is 0 Å². The van der Waals surface area contributed by atoms with Crippen LogP contribution in [0.3, 0.4) is 0 Å². The van der Waals surface area contributed by atoms with Crippen LogP contribution in [-0.2, 0) is 4.79 Å². The second kappa shape index (κ2) is 7.06. The molecule has 17 heavy (non-hydrogen) atoms. The fourth-order valence-corrected chi connectivity index (χ4v) is 1.31. The van der Waals surface area contributed by atoms with Gasteiger partial charge in [-0.15, -0.1) is 0 Å². The van der Waals surface area contributed by atoms with Gasteiger partial charge < -0.3 is 10.6 Å². The van der Waals surface area contributed by atoms with Crippen LogP contribution < -0.4 is 10.6 Å². The summed E-state index contributed by atoms with van der Waals surface area (Å²) in [6, 6.07) is 0. The Morgan fingerprint density at radius 2 is 2.12 bits per heavy atom. The molecule has 1 aromatic heterocycles. The first-order valence-corrected chi connectivity index (χ1v) is 5.94. The van der Waals surface area contributed by atoms with Crippen molar-refractivity contribution in [3.8, 4) is 0 Å². The van der Waals surface area contributed by atoms with Crippen LogP contribution >= 0.6 is 11.6 Å². The van der Waals surface area contributed by atoms with Gasteiger partial charge in [-0.3, -0.25) is 4.79 Å². The Bertz CT molecular complexity index is 370. The van der Waals surface area contributed by atoms with Crippen LogP contribution in [0.4, 0.5) is 5.82 Å². The molecule has 94 valence electrons. The van der Waals surface area contributed by atoms with Crippen LogP contribution in [0.5, 0.6) is 0 Å². The first-order valence-electron chi connectivity index (χ1n) is 5.56. The largest absolute Gasteiger partial charge is 0.367 e. The first kappa shape index (κ1) is 13.7. The zero-order valence-corrected chi connectivity index (χ0v) is 10.8. The summed E-state index contributed by atoms with van der Waals surface area (Å²) in [6.45, 7) is 5.29. The summed E-state index contributed by atoms with van der Waals surface area (Å²) in [5.74, 6) is 0.985.